The summed E-state index contributed by atoms with van der Waals surface area (Å²) in [6.45, 7) is -0.584. The Bertz CT molecular complexity index is 913. The molecule has 0 bridgehead atoms. The van der Waals surface area contributed by atoms with E-state index in [1.54, 1.807) is 0 Å². The number of rotatable bonds is 10. The van der Waals surface area contributed by atoms with Gasteiger partial charge in [-0.15, -0.1) is 0 Å². The number of esters is 1. The predicted molar refractivity (Wildman–Crippen MR) is 68.4 cm³/mol. The van der Waals surface area contributed by atoms with E-state index in [9.17, 15) is 106 Å². The molecule has 0 spiro atoms. The lowest BCUT2D eigenvalue weighted by Crippen LogP contribution is -2.77. The van der Waals surface area contributed by atoms with E-state index < -0.39 is 78.9 Å². The van der Waals surface area contributed by atoms with Crippen LogP contribution < -0.4 is 0 Å². The van der Waals surface area contributed by atoms with Crippen LogP contribution in [0.3, 0.4) is 0 Å². The molecule has 0 aliphatic carbocycles. The SMILES string of the molecule is CC(=O)OC(F)(F)C(F)(OC(F)(F)C(F)(F)C(F)(F)F)C(F)(F)C(F)(F)C(F)(F)C(F)(F)C(F)(F)C(F)(F)F. The molecular formula is C13H3F23O3. The van der Waals surface area contributed by atoms with Crippen molar-refractivity contribution in [3.63, 3.8) is 0 Å². The molecule has 1 unspecified atom stereocenters. The van der Waals surface area contributed by atoms with Crippen LogP contribution in [0.1, 0.15) is 6.92 Å². The Morgan fingerprint density at radius 2 is 0.692 bits per heavy atom. The van der Waals surface area contributed by atoms with Gasteiger partial charge >= 0.3 is 71.9 Å². The monoisotopic (exact) mass is 644 g/mol. The third kappa shape index (κ3) is 5.08. The van der Waals surface area contributed by atoms with E-state index in [2.05, 4.69) is 0 Å². The molecule has 0 N–H and O–H groups in total. The average molecular weight is 644 g/mol. The number of ether oxygens (including phenoxy) is 2. The number of hydrogen-bond donors (Lipinski definition) is 0. The molecule has 3 nitrogen and oxygen atoms in total. The Morgan fingerprint density at radius 1 is 0.410 bits per heavy atom. The quantitative estimate of drug-likeness (QED) is 0.184. The normalized spacial score (nSPS) is 17.6. The molecule has 0 aromatic heterocycles. The van der Waals surface area contributed by atoms with Crippen LogP contribution in [0.25, 0.3) is 0 Å². The lowest BCUT2D eigenvalue weighted by atomic mass is 9.90. The van der Waals surface area contributed by atoms with Crippen LogP contribution >= 0.6 is 0 Å². The van der Waals surface area contributed by atoms with Crippen LogP contribution in [-0.4, -0.2) is 71.9 Å². The number of alkyl halides is 23. The molecule has 0 heterocycles. The topological polar surface area (TPSA) is 35.5 Å². The standard InChI is InChI=1S/C13H3F23O3/c1-2(37)38-13(35,36)9(26,39-12(33,34)8(24,25)11(30,31)32)6(20,21)4(16,17)3(14,15)5(18,19)7(22,23)10(27,28)29/h1H3. The summed E-state index contributed by atoms with van der Waals surface area (Å²) in [7, 11) is 0. The molecule has 39 heavy (non-hydrogen) atoms. The molecule has 0 aliphatic rings. The van der Waals surface area contributed by atoms with Gasteiger partial charge in [0.2, 0.25) is 0 Å². The van der Waals surface area contributed by atoms with E-state index in [4.69, 9.17) is 0 Å². The fraction of sp³-hybridized carbons (Fsp3) is 0.923. The van der Waals surface area contributed by atoms with Gasteiger partial charge in [-0.25, -0.2) is 0 Å². The molecule has 0 amide bonds. The van der Waals surface area contributed by atoms with Gasteiger partial charge in [-0.3, -0.25) is 9.53 Å². The minimum absolute atomic E-state index is 0.584. The number of carbonyl (C=O) groups excluding carboxylic acids is 1. The zero-order valence-electron chi connectivity index (χ0n) is 16.9. The maximum atomic E-state index is 14.4. The molecule has 234 valence electrons. The van der Waals surface area contributed by atoms with E-state index in [1.807, 2.05) is 4.74 Å². The summed E-state index contributed by atoms with van der Waals surface area (Å²) < 4.78 is 304. The molecule has 0 saturated carbocycles. The third-order valence-electron chi connectivity index (χ3n) is 3.97. The Morgan fingerprint density at radius 3 is 0.974 bits per heavy atom. The summed E-state index contributed by atoms with van der Waals surface area (Å²) in [5.41, 5.74) is 0. The first-order valence-electron chi connectivity index (χ1n) is 8.12. The molecule has 0 radical (unpaired) electrons. The van der Waals surface area contributed by atoms with Gasteiger partial charge in [0.25, 0.3) is 0 Å². The maximum Gasteiger partial charge on any atom is 0.468 e. The molecule has 0 rings (SSSR count). The van der Waals surface area contributed by atoms with E-state index in [0.29, 0.717) is 0 Å². The van der Waals surface area contributed by atoms with Gasteiger partial charge in [0.05, 0.1) is 0 Å². The Kier molecular flexibility index (Phi) is 8.66. The van der Waals surface area contributed by atoms with Crippen molar-refractivity contribution in [2.75, 3.05) is 0 Å². The van der Waals surface area contributed by atoms with Gasteiger partial charge in [0, 0.05) is 6.92 Å². The highest BCUT2D eigenvalue weighted by Gasteiger charge is 2.97. The number of carbonyl (C=O) groups is 1. The summed E-state index contributed by atoms with van der Waals surface area (Å²) in [5, 5.41) is 0. The first-order chi connectivity index (χ1) is 16.4. The Labute approximate surface area is 195 Å². The van der Waals surface area contributed by atoms with Crippen molar-refractivity contribution in [3.8, 4) is 0 Å². The number of halogens is 23. The zero-order chi connectivity index (χ0) is 32.5. The summed E-state index contributed by atoms with van der Waals surface area (Å²) >= 11 is 0. The summed E-state index contributed by atoms with van der Waals surface area (Å²) in [6.07, 6.45) is -32.4. The summed E-state index contributed by atoms with van der Waals surface area (Å²) in [5.74, 6) is -65.8. The maximum absolute atomic E-state index is 14.4. The second-order valence-corrected chi connectivity index (χ2v) is 6.77. The smallest absolute Gasteiger partial charge is 0.396 e. The van der Waals surface area contributed by atoms with E-state index in [1.165, 1.54) is 0 Å². The van der Waals surface area contributed by atoms with Crippen molar-refractivity contribution in [2.24, 2.45) is 0 Å². The molecule has 0 aromatic carbocycles. The van der Waals surface area contributed by atoms with E-state index in [0.717, 1.165) is 4.74 Å². The predicted octanol–water partition coefficient (Wildman–Crippen LogP) is 7.35. The van der Waals surface area contributed by atoms with Gasteiger partial charge < -0.3 is 4.74 Å². The summed E-state index contributed by atoms with van der Waals surface area (Å²) in [4.78, 5) is 10.4. The molecule has 26 heteroatoms. The van der Waals surface area contributed by atoms with Crippen LogP contribution in [0.4, 0.5) is 101 Å². The molecule has 0 fully saturated rings. The first-order valence-corrected chi connectivity index (χ1v) is 8.12. The number of hydrogen-bond acceptors (Lipinski definition) is 3. The highest BCUT2D eigenvalue weighted by Crippen LogP contribution is 2.65. The van der Waals surface area contributed by atoms with E-state index in [-0.39, 0.29) is 0 Å². The van der Waals surface area contributed by atoms with Gasteiger partial charge in [0.1, 0.15) is 0 Å². The van der Waals surface area contributed by atoms with Crippen LogP contribution in [-0.2, 0) is 14.3 Å². The largest absolute Gasteiger partial charge is 0.468 e. The van der Waals surface area contributed by atoms with Crippen LogP contribution in [0.2, 0.25) is 0 Å². The zero-order valence-corrected chi connectivity index (χ0v) is 16.9. The summed E-state index contributed by atoms with van der Waals surface area (Å²) in [6, 6.07) is 0. The Hall–Kier alpha value is -2.18. The highest BCUT2D eigenvalue weighted by molar-refractivity contribution is 5.66. The molecule has 0 aliphatic heterocycles. The van der Waals surface area contributed by atoms with Gasteiger partial charge in [-0.2, -0.15) is 101 Å². The van der Waals surface area contributed by atoms with Gasteiger partial charge in [0.15, 0.2) is 0 Å². The Balaban J connectivity index is 7.60. The lowest BCUT2D eigenvalue weighted by Gasteiger charge is -2.45. The van der Waals surface area contributed by atoms with Crippen molar-refractivity contribution in [2.45, 2.75) is 72.9 Å². The van der Waals surface area contributed by atoms with Crippen molar-refractivity contribution in [1.82, 2.24) is 0 Å². The van der Waals surface area contributed by atoms with Crippen molar-refractivity contribution >= 4 is 5.97 Å². The lowest BCUT2D eigenvalue weighted by molar-refractivity contribution is -0.540. The highest BCUT2D eigenvalue weighted by atomic mass is 19.4. The molecule has 0 aromatic rings. The minimum Gasteiger partial charge on any atom is -0.396 e. The van der Waals surface area contributed by atoms with Gasteiger partial charge in [-0.05, 0) is 0 Å². The third-order valence-corrected chi connectivity index (χ3v) is 3.97. The van der Waals surface area contributed by atoms with Crippen molar-refractivity contribution in [3.05, 3.63) is 0 Å². The van der Waals surface area contributed by atoms with E-state index >= 15 is 0 Å². The second kappa shape index (κ2) is 9.17. The molecular weight excluding hydrogens is 641 g/mol. The fourth-order valence-corrected chi connectivity index (χ4v) is 1.93. The van der Waals surface area contributed by atoms with Crippen molar-refractivity contribution in [1.29, 1.82) is 0 Å². The van der Waals surface area contributed by atoms with Crippen LogP contribution in [0.15, 0.2) is 0 Å². The van der Waals surface area contributed by atoms with Gasteiger partial charge in [-0.1, -0.05) is 0 Å². The minimum atomic E-state index is -9.37. The second-order valence-electron chi connectivity index (χ2n) is 6.77. The first kappa shape index (κ1) is 36.8. The van der Waals surface area contributed by atoms with Crippen LogP contribution in [0, 0.1) is 0 Å². The van der Waals surface area contributed by atoms with Crippen LogP contribution in [0.5, 0.6) is 0 Å². The molecule has 1 atom stereocenters. The van der Waals surface area contributed by atoms with Crippen molar-refractivity contribution < 1.29 is 115 Å². The average Bonchev–Trinajstić information content (AvgIpc) is 2.63. The fourth-order valence-electron chi connectivity index (χ4n) is 1.93. The molecule has 0 saturated heterocycles.